The van der Waals surface area contributed by atoms with Crippen LogP contribution < -0.4 is 0 Å². The molecular weight excluding hydrogens is 232 g/mol. The van der Waals surface area contributed by atoms with Gasteiger partial charge in [0, 0.05) is 0 Å². The fourth-order valence-electron chi connectivity index (χ4n) is 2.27. The SMILES string of the molecule is CC(C)=CCCC(C)(C)OC(C)(C)CCC=C(C)C. The molecule has 0 fully saturated rings. The molecule has 0 rings (SSSR count). The molecule has 0 aromatic heterocycles. The first-order chi connectivity index (χ1) is 8.54. The van der Waals surface area contributed by atoms with Gasteiger partial charge in [0.15, 0.2) is 0 Å². The summed E-state index contributed by atoms with van der Waals surface area (Å²) >= 11 is 0. The lowest BCUT2D eigenvalue weighted by atomic mass is 9.96. The van der Waals surface area contributed by atoms with Crippen molar-refractivity contribution in [3.8, 4) is 0 Å². The molecule has 0 bridgehead atoms. The second kappa shape index (κ2) is 7.89. The van der Waals surface area contributed by atoms with Gasteiger partial charge in [0.2, 0.25) is 0 Å². The Morgan fingerprint density at radius 2 is 1.05 bits per heavy atom. The van der Waals surface area contributed by atoms with Crippen LogP contribution in [-0.2, 0) is 4.74 Å². The summed E-state index contributed by atoms with van der Waals surface area (Å²) in [7, 11) is 0. The maximum Gasteiger partial charge on any atom is 0.0636 e. The summed E-state index contributed by atoms with van der Waals surface area (Å²) in [5, 5.41) is 0. The number of hydrogen-bond acceptors (Lipinski definition) is 1. The first-order valence-electron chi connectivity index (χ1n) is 7.51. The molecule has 19 heavy (non-hydrogen) atoms. The van der Waals surface area contributed by atoms with E-state index < -0.39 is 0 Å². The molecule has 0 unspecified atom stereocenters. The average molecular weight is 266 g/mol. The zero-order valence-corrected chi connectivity index (χ0v) is 14.4. The van der Waals surface area contributed by atoms with Crippen molar-refractivity contribution < 1.29 is 4.74 Å². The summed E-state index contributed by atoms with van der Waals surface area (Å²) < 4.78 is 6.33. The summed E-state index contributed by atoms with van der Waals surface area (Å²) in [6, 6.07) is 0. The van der Waals surface area contributed by atoms with Crippen molar-refractivity contribution in [3.63, 3.8) is 0 Å². The van der Waals surface area contributed by atoms with Crippen LogP contribution in [0.5, 0.6) is 0 Å². The zero-order valence-electron chi connectivity index (χ0n) is 14.4. The molecule has 0 atom stereocenters. The summed E-state index contributed by atoms with van der Waals surface area (Å²) in [4.78, 5) is 0. The summed E-state index contributed by atoms with van der Waals surface area (Å²) in [6.45, 7) is 17.4. The minimum atomic E-state index is -0.0551. The van der Waals surface area contributed by atoms with Crippen molar-refractivity contribution >= 4 is 0 Å². The Balaban J connectivity index is 4.29. The molecule has 0 amide bonds. The molecule has 0 aliphatic heterocycles. The highest BCUT2D eigenvalue weighted by Gasteiger charge is 2.28. The van der Waals surface area contributed by atoms with E-state index in [1.807, 2.05) is 0 Å². The van der Waals surface area contributed by atoms with Gasteiger partial charge in [0.05, 0.1) is 11.2 Å². The average Bonchev–Trinajstić information content (AvgIpc) is 2.12. The van der Waals surface area contributed by atoms with E-state index in [-0.39, 0.29) is 11.2 Å². The van der Waals surface area contributed by atoms with Gasteiger partial charge < -0.3 is 4.74 Å². The fourth-order valence-corrected chi connectivity index (χ4v) is 2.27. The highest BCUT2D eigenvalue weighted by atomic mass is 16.5. The van der Waals surface area contributed by atoms with Crippen LogP contribution in [0.2, 0.25) is 0 Å². The lowest BCUT2D eigenvalue weighted by Crippen LogP contribution is -2.36. The smallest absolute Gasteiger partial charge is 0.0636 e. The molecule has 0 spiro atoms. The largest absolute Gasteiger partial charge is 0.370 e. The van der Waals surface area contributed by atoms with E-state index in [2.05, 4.69) is 67.5 Å². The van der Waals surface area contributed by atoms with Crippen molar-refractivity contribution in [2.24, 2.45) is 0 Å². The van der Waals surface area contributed by atoms with Gasteiger partial charge in [-0.2, -0.15) is 0 Å². The lowest BCUT2D eigenvalue weighted by Gasteiger charge is -2.36. The van der Waals surface area contributed by atoms with Gasteiger partial charge in [-0.3, -0.25) is 0 Å². The number of hydrogen-bond donors (Lipinski definition) is 0. The van der Waals surface area contributed by atoms with Gasteiger partial charge in [-0.25, -0.2) is 0 Å². The van der Waals surface area contributed by atoms with E-state index in [1.165, 1.54) is 11.1 Å². The Kier molecular flexibility index (Phi) is 7.66. The molecule has 0 saturated carbocycles. The van der Waals surface area contributed by atoms with E-state index in [0.29, 0.717) is 0 Å². The van der Waals surface area contributed by atoms with Crippen molar-refractivity contribution in [3.05, 3.63) is 23.3 Å². The first kappa shape index (κ1) is 18.4. The Labute approximate surface area is 121 Å². The van der Waals surface area contributed by atoms with Crippen LogP contribution in [-0.4, -0.2) is 11.2 Å². The molecule has 0 saturated heterocycles. The van der Waals surface area contributed by atoms with Gasteiger partial charge >= 0.3 is 0 Å². The molecule has 0 N–H and O–H groups in total. The standard InChI is InChI=1S/C18H34O/c1-15(2)11-9-13-17(5,6)19-18(7,8)14-10-12-16(3)4/h11-12H,9-10,13-14H2,1-8H3. The van der Waals surface area contributed by atoms with Crippen molar-refractivity contribution in [1.29, 1.82) is 0 Å². The Morgan fingerprint density at radius 3 is 1.32 bits per heavy atom. The zero-order chi connectivity index (χ0) is 15.1. The predicted octanol–water partition coefficient (Wildman–Crippen LogP) is 6.05. The fraction of sp³-hybridized carbons (Fsp3) is 0.778. The van der Waals surface area contributed by atoms with Gasteiger partial charge in [0.1, 0.15) is 0 Å². The summed E-state index contributed by atoms with van der Waals surface area (Å²) in [5.41, 5.74) is 2.66. The van der Waals surface area contributed by atoms with Gasteiger partial charge in [-0.15, -0.1) is 0 Å². The van der Waals surface area contributed by atoms with Crippen LogP contribution in [0.3, 0.4) is 0 Å². The molecule has 112 valence electrons. The van der Waals surface area contributed by atoms with Crippen LogP contribution in [0.25, 0.3) is 0 Å². The molecule has 0 aliphatic rings. The summed E-state index contributed by atoms with van der Waals surface area (Å²) in [6.07, 6.45) is 8.93. The van der Waals surface area contributed by atoms with Gasteiger partial charge in [0.25, 0.3) is 0 Å². The van der Waals surface area contributed by atoms with Gasteiger partial charge in [-0.1, -0.05) is 23.3 Å². The van der Waals surface area contributed by atoms with Gasteiger partial charge in [-0.05, 0) is 81.1 Å². The molecule has 0 radical (unpaired) electrons. The maximum absolute atomic E-state index is 6.33. The maximum atomic E-state index is 6.33. The van der Waals surface area contributed by atoms with E-state index in [4.69, 9.17) is 4.74 Å². The van der Waals surface area contributed by atoms with Crippen LogP contribution in [0, 0.1) is 0 Å². The third kappa shape index (κ3) is 11.0. The van der Waals surface area contributed by atoms with E-state index in [0.717, 1.165) is 25.7 Å². The van der Waals surface area contributed by atoms with Crippen molar-refractivity contribution in [1.82, 2.24) is 0 Å². The molecular formula is C18H34O. The molecule has 1 nitrogen and oxygen atoms in total. The molecule has 1 heteroatoms. The molecule has 0 aromatic carbocycles. The van der Waals surface area contributed by atoms with E-state index in [9.17, 15) is 0 Å². The number of allylic oxidation sites excluding steroid dienone is 4. The third-order valence-electron chi connectivity index (χ3n) is 3.15. The third-order valence-corrected chi connectivity index (χ3v) is 3.15. The monoisotopic (exact) mass is 266 g/mol. The highest BCUT2D eigenvalue weighted by molar-refractivity contribution is 4.95. The topological polar surface area (TPSA) is 9.23 Å². The highest BCUT2D eigenvalue weighted by Crippen LogP contribution is 2.28. The second-order valence-corrected chi connectivity index (χ2v) is 7.26. The predicted molar refractivity (Wildman–Crippen MR) is 86.6 cm³/mol. The molecule has 0 heterocycles. The number of rotatable bonds is 8. The van der Waals surface area contributed by atoms with E-state index >= 15 is 0 Å². The Morgan fingerprint density at radius 1 is 0.737 bits per heavy atom. The normalized spacial score (nSPS) is 12.2. The van der Waals surface area contributed by atoms with Crippen molar-refractivity contribution in [2.75, 3.05) is 0 Å². The lowest BCUT2D eigenvalue weighted by molar-refractivity contribution is -0.128. The van der Waals surface area contributed by atoms with Crippen LogP contribution in [0.1, 0.15) is 81.1 Å². The minimum absolute atomic E-state index is 0.0551. The van der Waals surface area contributed by atoms with Crippen LogP contribution in [0.15, 0.2) is 23.3 Å². The molecule has 0 aromatic rings. The quantitative estimate of drug-likeness (QED) is 0.486. The van der Waals surface area contributed by atoms with Crippen LogP contribution >= 0.6 is 0 Å². The Bertz CT molecular complexity index is 279. The second-order valence-electron chi connectivity index (χ2n) is 7.26. The Hall–Kier alpha value is -0.560. The van der Waals surface area contributed by atoms with Crippen LogP contribution in [0.4, 0.5) is 0 Å². The van der Waals surface area contributed by atoms with E-state index in [1.54, 1.807) is 0 Å². The number of ether oxygens (including phenoxy) is 1. The van der Waals surface area contributed by atoms with Crippen molar-refractivity contribution in [2.45, 2.75) is 92.3 Å². The minimum Gasteiger partial charge on any atom is -0.370 e. The molecule has 0 aliphatic carbocycles. The summed E-state index contributed by atoms with van der Waals surface area (Å²) in [5.74, 6) is 0. The first-order valence-corrected chi connectivity index (χ1v) is 7.51.